The van der Waals surface area contributed by atoms with Gasteiger partial charge in [-0.2, -0.15) is 0 Å². The molecule has 0 fully saturated rings. The summed E-state index contributed by atoms with van der Waals surface area (Å²) in [5, 5.41) is 1.08. The van der Waals surface area contributed by atoms with Crippen molar-refractivity contribution in [3.63, 3.8) is 0 Å². The van der Waals surface area contributed by atoms with Crippen molar-refractivity contribution < 1.29 is 4.39 Å². The highest BCUT2D eigenvalue weighted by atomic mass is 31.0. The van der Waals surface area contributed by atoms with Gasteiger partial charge in [0.1, 0.15) is 6.67 Å². The third-order valence-corrected chi connectivity index (χ3v) is 2.12. The fourth-order valence-corrected chi connectivity index (χ4v) is 1.08. The van der Waals surface area contributed by atoms with Gasteiger partial charge < -0.3 is 0 Å². The van der Waals surface area contributed by atoms with Gasteiger partial charge in [-0.1, -0.05) is 12.1 Å². The molecular formula is C8H10FP. The van der Waals surface area contributed by atoms with Gasteiger partial charge in [0.05, 0.1) is 0 Å². The lowest BCUT2D eigenvalue weighted by Gasteiger charge is -1.99. The molecule has 0 aliphatic carbocycles. The molecule has 54 valence electrons. The van der Waals surface area contributed by atoms with Crippen LogP contribution in [0.3, 0.4) is 0 Å². The molecule has 0 radical (unpaired) electrons. The Morgan fingerprint density at radius 3 is 2.70 bits per heavy atom. The fourth-order valence-electron chi connectivity index (χ4n) is 0.773. The molecule has 0 spiro atoms. The van der Waals surface area contributed by atoms with Crippen LogP contribution in [-0.2, 0) is 6.67 Å². The third-order valence-electron chi connectivity index (χ3n) is 1.50. The summed E-state index contributed by atoms with van der Waals surface area (Å²) in [6.45, 7) is 1.63. The van der Waals surface area contributed by atoms with Crippen molar-refractivity contribution in [3.8, 4) is 0 Å². The molecule has 1 unspecified atom stereocenters. The van der Waals surface area contributed by atoms with Crippen molar-refractivity contribution in [3.05, 3.63) is 29.3 Å². The van der Waals surface area contributed by atoms with Crippen LogP contribution in [0.25, 0.3) is 0 Å². The number of rotatable bonds is 1. The molecule has 0 nitrogen and oxygen atoms in total. The second-order valence-corrected chi connectivity index (χ2v) is 2.95. The zero-order valence-electron chi connectivity index (χ0n) is 5.89. The Kier molecular flexibility index (Phi) is 2.39. The zero-order chi connectivity index (χ0) is 7.56. The van der Waals surface area contributed by atoms with Crippen LogP contribution in [0.5, 0.6) is 0 Å². The molecule has 1 atom stereocenters. The molecule has 2 heteroatoms. The largest absolute Gasteiger partial charge is 0.246 e. The van der Waals surface area contributed by atoms with Crippen molar-refractivity contribution in [2.45, 2.75) is 13.6 Å². The average Bonchev–Trinajstić information content (AvgIpc) is 1.95. The summed E-state index contributed by atoms with van der Waals surface area (Å²) in [5.74, 6) is 0. The Bertz CT molecular complexity index is 233. The predicted octanol–water partition coefficient (Wildman–Crippen LogP) is 1.96. The first-order chi connectivity index (χ1) is 4.74. The smallest absolute Gasteiger partial charge is 0.115 e. The molecule has 0 bridgehead atoms. The summed E-state index contributed by atoms with van der Waals surface area (Å²) in [7, 11) is 2.58. The lowest BCUT2D eigenvalue weighted by molar-refractivity contribution is 0.485. The number of benzene rings is 1. The SMILES string of the molecule is Cc1ccc(CF)cc1P. The molecule has 0 aliphatic heterocycles. The van der Waals surface area contributed by atoms with Crippen molar-refractivity contribution in [2.75, 3.05) is 0 Å². The molecule has 0 N–H and O–H groups in total. The van der Waals surface area contributed by atoms with E-state index < -0.39 is 0 Å². The maximum absolute atomic E-state index is 12.0. The first kappa shape index (κ1) is 7.68. The zero-order valence-corrected chi connectivity index (χ0v) is 7.05. The number of aryl methyl sites for hydroxylation is 1. The second kappa shape index (κ2) is 3.12. The number of alkyl halides is 1. The Labute approximate surface area is 62.7 Å². The van der Waals surface area contributed by atoms with Crippen LogP contribution in [0.4, 0.5) is 4.39 Å². The van der Waals surface area contributed by atoms with Crippen molar-refractivity contribution in [1.29, 1.82) is 0 Å². The van der Waals surface area contributed by atoms with E-state index >= 15 is 0 Å². The highest BCUT2D eigenvalue weighted by Gasteiger charge is 1.93. The molecule has 0 aliphatic rings. The van der Waals surface area contributed by atoms with E-state index in [0.29, 0.717) is 0 Å². The quantitative estimate of drug-likeness (QED) is 0.545. The number of halogens is 1. The van der Waals surface area contributed by atoms with Crippen LogP contribution in [0, 0.1) is 6.92 Å². The molecule has 0 aromatic heterocycles. The van der Waals surface area contributed by atoms with E-state index in [1.165, 1.54) is 5.56 Å². The molecule has 0 saturated heterocycles. The first-order valence-corrected chi connectivity index (χ1v) is 3.72. The standard InChI is InChI=1S/C8H10FP/c1-6-2-3-7(5-9)4-8(6)10/h2-4H,5,10H2,1H3. The molecular weight excluding hydrogens is 146 g/mol. The van der Waals surface area contributed by atoms with Gasteiger partial charge >= 0.3 is 0 Å². The van der Waals surface area contributed by atoms with Crippen LogP contribution in [0.15, 0.2) is 18.2 Å². The number of hydrogen-bond acceptors (Lipinski definition) is 0. The topological polar surface area (TPSA) is 0 Å². The molecule has 1 aromatic carbocycles. The maximum atomic E-state index is 12.0. The summed E-state index contributed by atoms with van der Waals surface area (Å²) < 4.78 is 12.0. The second-order valence-electron chi connectivity index (χ2n) is 2.32. The molecule has 10 heavy (non-hydrogen) atoms. The van der Waals surface area contributed by atoms with Gasteiger partial charge in [-0.05, 0) is 29.4 Å². The summed E-state index contributed by atoms with van der Waals surface area (Å²) >= 11 is 0. The van der Waals surface area contributed by atoms with Crippen LogP contribution < -0.4 is 5.30 Å². The van der Waals surface area contributed by atoms with Crippen molar-refractivity contribution >= 4 is 14.5 Å². The normalized spacial score (nSPS) is 9.90. The van der Waals surface area contributed by atoms with Gasteiger partial charge in [0.25, 0.3) is 0 Å². The van der Waals surface area contributed by atoms with Crippen LogP contribution in [0.1, 0.15) is 11.1 Å². The van der Waals surface area contributed by atoms with Crippen molar-refractivity contribution in [2.24, 2.45) is 0 Å². The summed E-state index contributed by atoms with van der Waals surface area (Å²) in [6.07, 6.45) is 0. The van der Waals surface area contributed by atoms with Crippen LogP contribution in [0.2, 0.25) is 0 Å². The number of hydrogen-bond donors (Lipinski definition) is 0. The summed E-state index contributed by atoms with van der Waals surface area (Å²) in [4.78, 5) is 0. The minimum Gasteiger partial charge on any atom is -0.246 e. The van der Waals surface area contributed by atoms with Crippen LogP contribution in [-0.4, -0.2) is 0 Å². The average molecular weight is 156 g/mol. The monoisotopic (exact) mass is 156 g/mol. The highest BCUT2D eigenvalue weighted by molar-refractivity contribution is 7.27. The minimum absolute atomic E-state index is 0.373. The predicted molar refractivity (Wildman–Crippen MR) is 45.3 cm³/mol. The molecule has 0 saturated carbocycles. The highest BCUT2D eigenvalue weighted by Crippen LogP contribution is 2.04. The van der Waals surface area contributed by atoms with Gasteiger partial charge in [0.15, 0.2) is 0 Å². The summed E-state index contributed by atoms with van der Waals surface area (Å²) in [6, 6.07) is 5.58. The fraction of sp³-hybridized carbons (Fsp3) is 0.250. The van der Waals surface area contributed by atoms with Gasteiger partial charge in [0.2, 0.25) is 0 Å². The van der Waals surface area contributed by atoms with E-state index in [1.807, 2.05) is 25.1 Å². The van der Waals surface area contributed by atoms with Crippen molar-refractivity contribution in [1.82, 2.24) is 0 Å². The first-order valence-electron chi connectivity index (χ1n) is 3.15. The lowest BCUT2D eigenvalue weighted by atomic mass is 10.2. The van der Waals surface area contributed by atoms with E-state index in [1.54, 1.807) is 0 Å². The third kappa shape index (κ3) is 1.54. The van der Waals surface area contributed by atoms with Crippen LogP contribution >= 0.6 is 9.24 Å². The van der Waals surface area contributed by atoms with Gasteiger partial charge in [-0.15, -0.1) is 9.24 Å². The molecule has 0 heterocycles. The molecule has 0 amide bonds. The lowest BCUT2D eigenvalue weighted by Crippen LogP contribution is -1.97. The Balaban J connectivity index is 3.04. The Hall–Kier alpha value is -0.420. The maximum Gasteiger partial charge on any atom is 0.115 e. The van der Waals surface area contributed by atoms with E-state index in [0.717, 1.165) is 10.9 Å². The molecule has 1 aromatic rings. The van der Waals surface area contributed by atoms with Gasteiger partial charge in [0, 0.05) is 0 Å². The van der Waals surface area contributed by atoms with Gasteiger partial charge in [-0.3, -0.25) is 0 Å². The van der Waals surface area contributed by atoms with E-state index in [9.17, 15) is 4.39 Å². The Morgan fingerprint density at radius 1 is 1.50 bits per heavy atom. The van der Waals surface area contributed by atoms with Gasteiger partial charge in [-0.25, -0.2) is 4.39 Å². The molecule has 1 rings (SSSR count). The summed E-state index contributed by atoms with van der Waals surface area (Å²) in [5.41, 5.74) is 1.93. The Morgan fingerprint density at radius 2 is 2.20 bits per heavy atom. The van der Waals surface area contributed by atoms with E-state index in [-0.39, 0.29) is 6.67 Å². The minimum atomic E-state index is -0.373. The van der Waals surface area contributed by atoms with E-state index in [2.05, 4.69) is 9.24 Å². The van der Waals surface area contributed by atoms with E-state index in [4.69, 9.17) is 0 Å².